The molecule has 10 heteroatoms. The molecule has 560 valence electrons. The second kappa shape index (κ2) is 80.9. The molecule has 2 atom stereocenters. The molecule has 0 saturated heterocycles. The molecule has 0 spiro atoms. The van der Waals surface area contributed by atoms with E-state index in [0.29, 0.717) is 6.42 Å². The molecule has 0 bridgehead atoms. The molecule has 0 amide bonds. The van der Waals surface area contributed by atoms with E-state index in [0.717, 1.165) is 57.8 Å². The summed E-state index contributed by atoms with van der Waals surface area (Å²) in [5.74, 6) is -0.799. The van der Waals surface area contributed by atoms with Gasteiger partial charge in [0.05, 0.1) is 13.2 Å². The first-order valence-corrected chi connectivity index (χ1v) is 43.6. The number of phosphoric ester groups is 1. The van der Waals surface area contributed by atoms with Crippen molar-refractivity contribution >= 4 is 19.8 Å². The number of phosphoric acid groups is 1. The Bertz CT molecular complexity index is 1700. The van der Waals surface area contributed by atoms with Crippen LogP contribution in [0.1, 0.15) is 450 Å². The van der Waals surface area contributed by atoms with Crippen molar-refractivity contribution in [3.8, 4) is 0 Å². The van der Waals surface area contributed by atoms with Crippen LogP contribution in [-0.2, 0) is 32.7 Å². The fourth-order valence-corrected chi connectivity index (χ4v) is 13.8. The van der Waals surface area contributed by atoms with Crippen molar-refractivity contribution < 1.29 is 37.6 Å². The molecular weight excluding hydrogens is 1190 g/mol. The second-order valence-corrected chi connectivity index (χ2v) is 30.1. The summed E-state index contributed by atoms with van der Waals surface area (Å²) in [7, 11) is -4.39. The van der Waals surface area contributed by atoms with Crippen LogP contribution in [-0.4, -0.2) is 49.3 Å². The quantitative estimate of drug-likeness (QED) is 0.0264. The van der Waals surface area contributed by atoms with Gasteiger partial charge in [-0.2, -0.15) is 0 Å². The van der Waals surface area contributed by atoms with Gasteiger partial charge in [0.15, 0.2) is 6.10 Å². The maximum Gasteiger partial charge on any atom is 0.472 e. The summed E-state index contributed by atoms with van der Waals surface area (Å²) in [5.41, 5.74) is 5.42. The number of hydrogen-bond donors (Lipinski definition) is 2. The number of esters is 2. The highest BCUT2D eigenvalue weighted by Gasteiger charge is 2.26. The summed E-state index contributed by atoms with van der Waals surface area (Å²) in [5, 5.41) is 0. The SMILES string of the molecule is CC/C=C\C/C=C\C/C=C\C/C=C\CCCCCCCCCCCCCCCCCCCCCCCCCCC(=O)OC(COC(=O)CCCCCCCCCCCCCCCCCCCCCCCCCCCCCCCCCCCCCCC)COP(=O)(O)OCCN. The molecule has 0 fully saturated rings. The van der Waals surface area contributed by atoms with Crippen molar-refractivity contribution in [1.82, 2.24) is 0 Å². The van der Waals surface area contributed by atoms with Gasteiger partial charge >= 0.3 is 19.8 Å². The van der Waals surface area contributed by atoms with Crippen LogP contribution in [0.5, 0.6) is 0 Å². The van der Waals surface area contributed by atoms with Gasteiger partial charge in [-0.25, -0.2) is 4.57 Å². The maximum atomic E-state index is 12.8. The van der Waals surface area contributed by atoms with Crippen LogP contribution < -0.4 is 5.73 Å². The van der Waals surface area contributed by atoms with E-state index in [9.17, 15) is 19.0 Å². The highest BCUT2D eigenvalue weighted by atomic mass is 31.2. The van der Waals surface area contributed by atoms with Crippen LogP contribution in [0.2, 0.25) is 0 Å². The van der Waals surface area contributed by atoms with E-state index < -0.39 is 26.5 Å². The Labute approximate surface area is 591 Å². The lowest BCUT2D eigenvalue weighted by Gasteiger charge is -2.19. The van der Waals surface area contributed by atoms with E-state index in [1.165, 1.54) is 360 Å². The molecule has 0 aromatic rings. The molecule has 0 aliphatic heterocycles. The monoisotopic (exact) mass is 1360 g/mol. The minimum Gasteiger partial charge on any atom is -0.462 e. The molecule has 9 nitrogen and oxygen atoms in total. The molecule has 0 aliphatic rings. The summed E-state index contributed by atoms with van der Waals surface area (Å²) in [6, 6.07) is 0. The minimum atomic E-state index is -4.39. The van der Waals surface area contributed by atoms with Gasteiger partial charge in [0.25, 0.3) is 0 Å². The number of rotatable bonds is 81. The van der Waals surface area contributed by atoms with Crippen LogP contribution in [0.3, 0.4) is 0 Å². The molecule has 0 radical (unpaired) electrons. The molecule has 2 unspecified atom stereocenters. The third-order valence-corrected chi connectivity index (χ3v) is 20.2. The Morgan fingerprint density at radius 3 is 0.863 bits per heavy atom. The second-order valence-electron chi connectivity index (χ2n) is 28.7. The zero-order valence-corrected chi connectivity index (χ0v) is 64.3. The highest BCUT2D eigenvalue weighted by molar-refractivity contribution is 7.47. The molecule has 0 aliphatic carbocycles. The van der Waals surface area contributed by atoms with Gasteiger partial charge in [-0.3, -0.25) is 18.6 Å². The zero-order chi connectivity index (χ0) is 68.6. The highest BCUT2D eigenvalue weighted by Crippen LogP contribution is 2.43. The minimum absolute atomic E-state index is 0.0566. The summed E-state index contributed by atoms with van der Waals surface area (Å²) in [6.07, 6.45) is 106. The molecule has 0 aromatic heterocycles. The molecule has 3 N–H and O–H groups in total. The third kappa shape index (κ3) is 80.8. The maximum absolute atomic E-state index is 12.8. The van der Waals surface area contributed by atoms with Crippen molar-refractivity contribution in [2.75, 3.05) is 26.4 Å². The smallest absolute Gasteiger partial charge is 0.462 e. The van der Waals surface area contributed by atoms with Crippen LogP contribution in [0.4, 0.5) is 0 Å². The average Bonchev–Trinajstić information content (AvgIpc) is 2.64. The van der Waals surface area contributed by atoms with E-state index in [1.54, 1.807) is 0 Å². The molecule has 95 heavy (non-hydrogen) atoms. The van der Waals surface area contributed by atoms with E-state index in [-0.39, 0.29) is 38.6 Å². The number of nitrogens with two attached hydrogens (primary N) is 1. The van der Waals surface area contributed by atoms with Crippen LogP contribution in [0.25, 0.3) is 0 Å². The van der Waals surface area contributed by atoms with E-state index >= 15 is 0 Å². The van der Waals surface area contributed by atoms with Crippen molar-refractivity contribution in [1.29, 1.82) is 0 Å². The van der Waals surface area contributed by atoms with Crippen molar-refractivity contribution in [2.24, 2.45) is 5.73 Å². The first-order chi connectivity index (χ1) is 46.8. The normalized spacial score (nSPS) is 13.0. The Hall–Kier alpha value is -2.03. The third-order valence-electron chi connectivity index (χ3n) is 19.2. The summed E-state index contributed by atoms with van der Waals surface area (Å²) >= 11 is 0. The summed E-state index contributed by atoms with van der Waals surface area (Å²) in [6.45, 7) is 3.72. The summed E-state index contributed by atoms with van der Waals surface area (Å²) < 4.78 is 33.3. The molecule has 0 rings (SSSR count). The standard InChI is InChI=1S/C85H162NO8P/c1-3-5-7-9-11-13-15-17-19-21-23-25-27-29-31-33-35-37-39-41-43-45-47-49-51-53-55-57-59-61-63-65-67-69-71-73-75-77-84(87)91-81-83(82-93-95(89,90)92-80-79-86)94-85(88)78-76-74-72-70-68-66-64-62-60-58-56-54-52-50-48-46-44-42-40-38-36-34-32-30-28-26-24-22-20-18-16-14-12-10-8-6-4-2/h6,8,12,14,18,20,24,26,83H,3-5,7,9-11,13,15-17,19,21-23,25,27-82,86H2,1-2H3,(H,89,90)/b8-6-,14-12-,20-18-,26-24-. The van der Waals surface area contributed by atoms with Crippen LogP contribution >= 0.6 is 7.82 Å². The van der Waals surface area contributed by atoms with Gasteiger partial charge in [0.2, 0.25) is 0 Å². The topological polar surface area (TPSA) is 134 Å². The molecular formula is C85H162NO8P. The Balaban J connectivity index is 3.72. The average molecular weight is 1360 g/mol. The largest absolute Gasteiger partial charge is 0.472 e. The Morgan fingerprint density at radius 1 is 0.326 bits per heavy atom. The van der Waals surface area contributed by atoms with Crippen molar-refractivity contribution in [2.45, 2.75) is 457 Å². The first-order valence-electron chi connectivity index (χ1n) is 42.1. The van der Waals surface area contributed by atoms with Gasteiger partial charge in [-0.05, 0) is 51.4 Å². The molecule has 0 heterocycles. The molecule has 0 saturated carbocycles. The van der Waals surface area contributed by atoms with Gasteiger partial charge in [-0.15, -0.1) is 0 Å². The first kappa shape index (κ1) is 93.0. The van der Waals surface area contributed by atoms with Gasteiger partial charge < -0.3 is 20.1 Å². The van der Waals surface area contributed by atoms with Gasteiger partial charge in [0.1, 0.15) is 6.61 Å². The van der Waals surface area contributed by atoms with E-state index in [2.05, 4.69) is 62.5 Å². The van der Waals surface area contributed by atoms with E-state index in [4.69, 9.17) is 24.3 Å². The number of carbonyl (C=O) groups is 2. The van der Waals surface area contributed by atoms with Crippen molar-refractivity contribution in [3.05, 3.63) is 48.6 Å². The fourth-order valence-electron chi connectivity index (χ4n) is 13.0. The number of hydrogen-bond acceptors (Lipinski definition) is 8. The summed E-state index contributed by atoms with van der Waals surface area (Å²) in [4.78, 5) is 35.5. The Kier molecular flexibility index (Phi) is 79.2. The van der Waals surface area contributed by atoms with E-state index in [1.807, 2.05) is 0 Å². The predicted octanol–water partition coefficient (Wildman–Crippen LogP) is 28.3. The number of unbranched alkanes of at least 4 members (excludes halogenated alkanes) is 60. The van der Waals surface area contributed by atoms with Gasteiger partial charge in [0, 0.05) is 19.4 Å². The van der Waals surface area contributed by atoms with Gasteiger partial charge in [-0.1, -0.05) is 435 Å². The lowest BCUT2D eigenvalue weighted by molar-refractivity contribution is -0.161. The lowest BCUT2D eigenvalue weighted by atomic mass is 10.0. The fraction of sp³-hybridized carbons (Fsp3) is 0.882. The number of allylic oxidation sites excluding steroid dienone is 8. The zero-order valence-electron chi connectivity index (χ0n) is 63.4. The van der Waals surface area contributed by atoms with Crippen LogP contribution in [0.15, 0.2) is 48.6 Å². The van der Waals surface area contributed by atoms with Crippen LogP contribution in [0, 0.1) is 0 Å². The Morgan fingerprint density at radius 2 is 0.579 bits per heavy atom. The molecule has 0 aromatic carbocycles. The number of carbonyl (C=O) groups excluding carboxylic acids is 2. The lowest BCUT2D eigenvalue weighted by Crippen LogP contribution is -2.29. The number of ether oxygens (including phenoxy) is 2. The van der Waals surface area contributed by atoms with Crippen molar-refractivity contribution in [3.63, 3.8) is 0 Å². The predicted molar refractivity (Wildman–Crippen MR) is 413 cm³/mol.